The van der Waals surface area contributed by atoms with E-state index >= 15 is 0 Å². The van der Waals surface area contributed by atoms with Gasteiger partial charge in [-0.15, -0.1) is 10.2 Å². The Morgan fingerprint density at radius 1 is 1.14 bits per heavy atom. The van der Waals surface area contributed by atoms with Crippen molar-refractivity contribution < 1.29 is 17.9 Å². The Labute approximate surface area is 123 Å². The quantitative estimate of drug-likeness (QED) is 0.721. The highest BCUT2D eigenvalue weighted by Crippen LogP contribution is 2.22. The van der Waals surface area contributed by atoms with E-state index in [2.05, 4.69) is 20.2 Å². The second-order valence-electron chi connectivity index (χ2n) is 4.26. The summed E-state index contributed by atoms with van der Waals surface area (Å²) in [5.74, 6) is -0.0756. The Hall–Kier alpha value is -2.90. The number of alkyl halides is 2. The van der Waals surface area contributed by atoms with Gasteiger partial charge in [0.15, 0.2) is 0 Å². The number of pyridine rings is 2. The zero-order chi connectivity index (χ0) is 15.4. The van der Waals surface area contributed by atoms with E-state index in [0.717, 1.165) is 0 Å². The molecule has 0 atom stereocenters. The Bertz CT molecular complexity index is 732. The van der Waals surface area contributed by atoms with E-state index < -0.39 is 12.3 Å². The van der Waals surface area contributed by atoms with Crippen LogP contribution in [-0.2, 0) is 6.61 Å². The van der Waals surface area contributed by atoms with E-state index in [1.54, 1.807) is 36.7 Å². The highest BCUT2D eigenvalue weighted by atomic mass is 19.3. The molecule has 22 heavy (non-hydrogen) atoms. The number of nitrogens with zero attached hydrogens (tertiary/aromatic N) is 4. The van der Waals surface area contributed by atoms with Gasteiger partial charge in [-0.1, -0.05) is 0 Å². The van der Waals surface area contributed by atoms with Gasteiger partial charge in [-0.3, -0.25) is 9.97 Å². The van der Waals surface area contributed by atoms with Crippen LogP contribution in [0.3, 0.4) is 0 Å². The van der Waals surface area contributed by atoms with Crippen molar-refractivity contribution in [2.75, 3.05) is 0 Å². The van der Waals surface area contributed by atoms with Gasteiger partial charge in [-0.05, 0) is 24.3 Å². The lowest BCUT2D eigenvalue weighted by atomic mass is 10.2. The van der Waals surface area contributed by atoms with E-state index in [-0.39, 0.29) is 12.5 Å². The lowest BCUT2D eigenvalue weighted by molar-refractivity contribution is 0.116. The molecule has 0 aliphatic carbocycles. The molecule has 112 valence electrons. The molecule has 0 radical (unpaired) electrons. The maximum Gasteiger partial charge on any atom is 0.314 e. The Morgan fingerprint density at radius 2 is 2.05 bits per heavy atom. The third-order valence-electron chi connectivity index (χ3n) is 2.72. The van der Waals surface area contributed by atoms with Crippen LogP contribution in [0.25, 0.3) is 11.5 Å². The van der Waals surface area contributed by atoms with E-state index in [0.29, 0.717) is 17.0 Å². The van der Waals surface area contributed by atoms with E-state index in [1.165, 1.54) is 6.20 Å². The van der Waals surface area contributed by atoms with Gasteiger partial charge in [0.25, 0.3) is 5.89 Å². The number of hydrogen-bond acceptors (Lipinski definition) is 6. The van der Waals surface area contributed by atoms with Crippen molar-refractivity contribution in [1.82, 2.24) is 20.2 Å². The molecule has 0 fully saturated rings. The summed E-state index contributed by atoms with van der Waals surface area (Å²) in [6, 6.07) is 6.89. The highest BCUT2D eigenvalue weighted by Gasteiger charge is 2.17. The van der Waals surface area contributed by atoms with Crippen LogP contribution in [0.1, 0.15) is 18.0 Å². The van der Waals surface area contributed by atoms with Crippen LogP contribution in [-0.4, -0.2) is 20.2 Å². The minimum absolute atomic E-state index is 0.00234. The van der Waals surface area contributed by atoms with Crippen LogP contribution in [0.15, 0.2) is 47.3 Å². The predicted octanol–water partition coefficient (Wildman–Crippen LogP) is 3.04. The molecule has 0 aromatic carbocycles. The molecule has 0 saturated carbocycles. The second-order valence-corrected chi connectivity index (χ2v) is 4.26. The molecule has 0 aliphatic heterocycles. The van der Waals surface area contributed by atoms with E-state index in [1.807, 2.05) is 0 Å². The molecule has 3 heterocycles. The number of hydrogen-bond donors (Lipinski definition) is 0. The largest absolute Gasteiger partial charge is 0.486 e. The second kappa shape index (κ2) is 6.25. The fraction of sp³-hybridized carbons (Fsp3) is 0.143. The molecule has 0 bridgehead atoms. The molecular formula is C14H10F2N4O2. The Kier molecular flexibility index (Phi) is 3.99. The fourth-order valence-electron chi connectivity index (χ4n) is 1.67. The number of aromatic nitrogens is 4. The van der Waals surface area contributed by atoms with Gasteiger partial charge in [0, 0.05) is 12.4 Å². The first-order chi connectivity index (χ1) is 10.7. The molecule has 3 rings (SSSR count). The Morgan fingerprint density at radius 3 is 2.68 bits per heavy atom. The topological polar surface area (TPSA) is 73.9 Å². The zero-order valence-electron chi connectivity index (χ0n) is 11.2. The molecule has 0 amide bonds. The molecule has 0 N–H and O–H groups in total. The normalized spacial score (nSPS) is 10.9. The molecule has 8 heteroatoms. The molecule has 3 aromatic rings. The number of ether oxygens (including phenoxy) is 1. The predicted molar refractivity (Wildman–Crippen MR) is 71.1 cm³/mol. The van der Waals surface area contributed by atoms with Crippen molar-refractivity contribution in [2.45, 2.75) is 13.0 Å². The smallest absolute Gasteiger partial charge is 0.314 e. The van der Waals surface area contributed by atoms with Gasteiger partial charge in [0.1, 0.15) is 12.4 Å². The first kappa shape index (κ1) is 14.1. The van der Waals surface area contributed by atoms with Crippen LogP contribution < -0.4 is 4.74 Å². The first-order valence-corrected chi connectivity index (χ1v) is 6.32. The summed E-state index contributed by atoms with van der Waals surface area (Å²) >= 11 is 0. The van der Waals surface area contributed by atoms with Crippen LogP contribution in [0.5, 0.6) is 5.75 Å². The lowest BCUT2D eigenvalue weighted by Crippen LogP contribution is -1.98. The van der Waals surface area contributed by atoms with E-state index in [4.69, 9.17) is 9.15 Å². The minimum Gasteiger partial charge on any atom is -0.486 e. The van der Waals surface area contributed by atoms with Crippen LogP contribution in [0.2, 0.25) is 0 Å². The minimum atomic E-state index is -2.79. The number of rotatable bonds is 5. The third kappa shape index (κ3) is 3.22. The van der Waals surface area contributed by atoms with Gasteiger partial charge in [0.2, 0.25) is 5.89 Å². The van der Waals surface area contributed by atoms with Crippen molar-refractivity contribution in [3.8, 4) is 17.2 Å². The monoisotopic (exact) mass is 304 g/mol. The fourth-order valence-corrected chi connectivity index (χ4v) is 1.67. The van der Waals surface area contributed by atoms with Gasteiger partial charge in [0.05, 0.1) is 17.5 Å². The number of halogens is 2. The standard InChI is InChI=1S/C14H10F2N4O2/c15-12(16)14-20-19-13(22-14)9-3-4-10(18-6-9)8-21-11-2-1-5-17-7-11/h1-7,12H,8H2. The summed E-state index contributed by atoms with van der Waals surface area (Å²) in [5, 5.41) is 6.82. The summed E-state index contributed by atoms with van der Waals surface area (Å²) in [5.41, 5.74) is 1.13. The average Bonchev–Trinajstić information content (AvgIpc) is 3.05. The summed E-state index contributed by atoms with van der Waals surface area (Å²) in [6.07, 6.45) is 1.92. The van der Waals surface area contributed by atoms with Crippen molar-refractivity contribution >= 4 is 0 Å². The van der Waals surface area contributed by atoms with Crippen LogP contribution in [0, 0.1) is 0 Å². The van der Waals surface area contributed by atoms with Crippen molar-refractivity contribution in [2.24, 2.45) is 0 Å². The maximum absolute atomic E-state index is 12.4. The zero-order valence-corrected chi connectivity index (χ0v) is 11.2. The lowest BCUT2D eigenvalue weighted by Gasteiger charge is -2.04. The van der Waals surface area contributed by atoms with Gasteiger partial charge < -0.3 is 9.15 Å². The summed E-state index contributed by atoms with van der Waals surface area (Å²) in [6.45, 7) is 0.262. The van der Waals surface area contributed by atoms with Crippen molar-refractivity contribution in [1.29, 1.82) is 0 Å². The van der Waals surface area contributed by atoms with Crippen molar-refractivity contribution in [3.63, 3.8) is 0 Å². The molecular weight excluding hydrogens is 294 g/mol. The molecule has 3 aromatic heterocycles. The SMILES string of the molecule is FC(F)c1nnc(-c2ccc(COc3cccnc3)nc2)o1. The third-order valence-corrected chi connectivity index (χ3v) is 2.72. The molecule has 0 aliphatic rings. The molecule has 0 saturated heterocycles. The van der Waals surface area contributed by atoms with E-state index in [9.17, 15) is 8.78 Å². The average molecular weight is 304 g/mol. The van der Waals surface area contributed by atoms with Crippen LogP contribution in [0.4, 0.5) is 8.78 Å². The van der Waals surface area contributed by atoms with Crippen LogP contribution >= 0.6 is 0 Å². The summed E-state index contributed by atoms with van der Waals surface area (Å²) in [7, 11) is 0. The van der Waals surface area contributed by atoms with Gasteiger partial charge in [-0.25, -0.2) is 0 Å². The molecule has 0 spiro atoms. The molecule has 0 unspecified atom stereocenters. The first-order valence-electron chi connectivity index (χ1n) is 6.32. The highest BCUT2D eigenvalue weighted by molar-refractivity contribution is 5.50. The molecule has 6 nitrogen and oxygen atoms in total. The summed E-state index contributed by atoms with van der Waals surface area (Å²) < 4.78 is 35.1. The van der Waals surface area contributed by atoms with Gasteiger partial charge >= 0.3 is 6.43 Å². The van der Waals surface area contributed by atoms with Gasteiger partial charge in [-0.2, -0.15) is 8.78 Å². The summed E-state index contributed by atoms with van der Waals surface area (Å²) in [4.78, 5) is 8.10. The van der Waals surface area contributed by atoms with Crippen molar-refractivity contribution in [3.05, 3.63) is 54.4 Å². The maximum atomic E-state index is 12.4. The Balaban J connectivity index is 1.67.